The van der Waals surface area contributed by atoms with Crippen molar-refractivity contribution in [2.75, 3.05) is 0 Å². The third-order valence-electron chi connectivity index (χ3n) is 2.07. The second-order valence-electron chi connectivity index (χ2n) is 2.86. The van der Waals surface area contributed by atoms with E-state index in [0.29, 0.717) is 6.33 Å². The summed E-state index contributed by atoms with van der Waals surface area (Å²) >= 11 is 0. The molecule has 0 aliphatic heterocycles. The smallest absolute Gasteiger partial charge is 0.0873 e. The molecule has 2 aromatic rings. The molecule has 0 saturated heterocycles. The highest BCUT2D eigenvalue weighted by Gasteiger charge is 1.94. The van der Waals surface area contributed by atoms with E-state index in [1.807, 2.05) is 42.5 Å². The van der Waals surface area contributed by atoms with Gasteiger partial charge in [0, 0.05) is 0 Å². The second-order valence-corrected chi connectivity index (χ2v) is 2.86. The van der Waals surface area contributed by atoms with E-state index in [9.17, 15) is 4.39 Å². The zero-order chi connectivity index (χ0) is 9.10. The van der Waals surface area contributed by atoms with Crippen molar-refractivity contribution in [1.29, 1.82) is 0 Å². The van der Waals surface area contributed by atoms with Crippen LogP contribution in [0.2, 0.25) is 0 Å². The molecule has 0 aliphatic rings. The van der Waals surface area contributed by atoms with Gasteiger partial charge in [-0.15, -0.1) is 0 Å². The van der Waals surface area contributed by atoms with Crippen molar-refractivity contribution in [1.82, 2.24) is 0 Å². The van der Waals surface area contributed by atoms with Crippen LogP contribution >= 0.6 is 0 Å². The van der Waals surface area contributed by atoms with Crippen LogP contribution in [0.4, 0.5) is 4.39 Å². The summed E-state index contributed by atoms with van der Waals surface area (Å²) in [5, 5.41) is 2.22. The third kappa shape index (κ3) is 1.45. The molecule has 0 radical (unpaired) electrons. The van der Waals surface area contributed by atoms with E-state index in [4.69, 9.17) is 0 Å². The molecule has 0 aliphatic carbocycles. The number of halogens is 1. The van der Waals surface area contributed by atoms with E-state index in [-0.39, 0.29) is 0 Å². The molecule has 2 rings (SSSR count). The first-order chi connectivity index (χ1) is 6.42. The van der Waals surface area contributed by atoms with E-state index < -0.39 is 0 Å². The molecule has 0 fully saturated rings. The zero-order valence-corrected chi connectivity index (χ0v) is 7.07. The van der Waals surface area contributed by atoms with Crippen molar-refractivity contribution in [3.63, 3.8) is 0 Å². The molecule has 0 saturated carbocycles. The van der Waals surface area contributed by atoms with Crippen molar-refractivity contribution < 1.29 is 4.39 Å². The Labute approximate surface area is 76.3 Å². The van der Waals surface area contributed by atoms with Crippen LogP contribution in [0.1, 0.15) is 5.56 Å². The van der Waals surface area contributed by atoms with Crippen molar-refractivity contribution in [3.05, 3.63) is 54.4 Å². The molecule has 2 aromatic carbocycles. The molecule has 13 heavy (non-hydrogen) atoms. The summed E-state index contributed by atoms with van der Waals surface area (Å²) in [6, 6.07) is 13.8. The van der Waals surface area contributed by atoms with Gasteiger partial charge in [0.25, 0.3) is 0 Å². The molecule has 0 amide bonds. The van der Waals surface area contributed by atoms with Crippen molar-refractivity contribution in [2.45, 2.75) is 0 Å². The van der Waals surface area contributed by atoms with Gasteiger partial charge >= 0.3 is 0 Å². The lowest BCUT2D eigenvalue weighted by atomic mass is 10.1. The maximum Gasteiger partial charge on any atom is 0.0873 e. The van der Waals surface area contributed by atoms with Gasteiger partial charge in [0.05, 0.1) is 6.33 Å². The van der Waals surface area contributed by atoms with Crippen LogP contribution in [-0.2, 0) is 0 Å². The standard InChI is InChI=1S/C12H9F/c13-9-8-11-6-3-5-10-4-1-2-7-12(10)11/h1-9H. The summed E-state index contributed by atoms with van der Waals surface area (Å²) in [4.78, 5) is 0. The molecule has 64 valence electrons. The summed E-state index contributed by atoms with van der Waals surface area (Å²) < 4.78 is 12.0. The summed E-state index contributed by atoms with van der Waals surface area (Å²) in [5.74, 6) is 0. The van der Waals surface area contributed by atoms with Gasteiger partial charge in [-0.3, -0.25) is 0 Å². The average molecular weight is 172 g/mol. The van der Waals surface area contributed by atoms with Crippen molar-refractivity contribution in [2.24, 2.45) is 0 Å². The number of benzene rings is 2. The molecule has 0 aromatic heterocycles. The topological polar surface area (TPSA) is 0 Å². The monoisotopic (exact) mass is 172 g/mol. The first-order valence-corrected chi connectivity index (χ1v) is 4.16. The lowest BCUT2D eigenvalue weighted by Gasteiger charge is -2.00. The Bertz CT molecular complexity index is 438. The second kappa shape index (κ2) is 3.40. The maximum atomic E-state index is 12.0. The molecule has 0 atom stereocenters. The number of rotatable bonds is 1. The fraction of sp³-hybridized carbons (Fsp3) is 0. The van der Waals surface area contributed by atoms with Gasteiger partial charge < -0.3 is 0 Å². The Morgan fingerprint density at radius 3 is 2.54 bits per heavy atom. The van der Waals surface area contributed by atoms with Crippen LogP contribution < -0.4 is 0 Å². The minimum absolute atomic E-state index is 0.571. The Balaban J connectivity index is 2.75. The number of hydrogen-bond donors (Lipinski definition) is 0. The van der Waals surface area contributed by atoms with E-state index in [2.05, 4.69) is 0 Å². The quantitative estimate of drug-likeness (QED) is 0.614. The van der Waals surface area contributed by atoms with E-state index >= 15 is 0 Å². The third-order valence-corrected chi connectivity index (χ3v) is 2.07. The van der Waals surface area contributed by atoms with Crippen molar-refractivity contribution >= 4 is 16.8 Å². The zero-order valence-electron chi connectivity index (χ0n) is 7.07. The fourth-order valence-electron chi connectivity index (χ4n) is 1.46. The Kier molecular flexibility index (Phi) is 2.09. The van der Waals surface area contributed by atoms with Gasteiger partial charge in [0.1, 0.15) is 0 Å². The normalized spacial score (nSPS) is 11.2. The largest absolute Gasteiger partial charge is 0.216 e. The molecule has 0 nitrogen and oxygen atoms in total. The van der Waals surface area contributed by atoms with Crippen LogP contribution in [-0.4, -0.2) is 0 Å². The van der Waals surface area contributed by atoms with Crippen LogP contribution in [0.15, 0.2) is 48.8 Å². The first kappa shape index (κ1) is 7.99. The Morgan fingerprint density at radius 1 is 0.923 bits per heavy atom. The van der Waals surface area contributed by atoms with Gasteiger partial charge in [-0.1, -0.05) is 42.5 Å². The first-order valence-electron chi connectivity index (χ1n) is 4.16. The van der Waals surface area contributed by atoms with Gasteiger partial charge in [0.15, 0.2) is 0 Å². The minimum atomic E-state index is 0.571. The molecule has 0 N–H and O–H groups in total. The maximum absolute atomic E-state index is 12.0. The summed E-state index contributed by atoms with van der Waals surface area (Å²) in [6.07, 6.45) is 2.05. The summed E-state index contributed by atoms with van der Waals surface area (Å²) in [6.45, 7) is 0. The minimum Gasteiger partial charge on any atom is -0.216 e. The van der Waals surface area contributed by atoms with Crippen LogP contribution in [0.25, 0.3) is 16.8 Å². The van der Waals surface area contributed by atoms with E-state index in [1.165, 1.54) is 6.08 Å². The summed E-state index contributed by atoms with van der Waals surface area (Å²) in [7, 11) is 0. The lowest BCUT2D eigenvalue weighted by Crippen LogP contribution is -1.76. The predicted octanol–water partition coefficient (Wildman–Crippen LogP) is 3.78. The van der Waals surface area contributed by atoms with E-state index in [0.717, 1.165) is 16.3 Å². The molecule has 1 heteroatoms. The Hall–Kier alpha value is -1.63. The number of fused-ring (bicyclic) bond motifs is 1. The highest BCUT2D eigenvalue weighted by atomic mass is 19.1. The SMILES string of the molecule is FC=Cc1cccc2ccccc12. The highest BCUT2D eigenvalue weighted by molar-refractivity contribution is 5.90. The van der Waals surface area contributed by atoms with Crippen LogP contribution in [0, 0.1) is 0 Å². The molecule has 0 unspecified atom stereocenters. The average Bonchev–Trinajstić information content (AvgIpc) is 2.19. The van der Waals surface area contributed by atoms with E-state index in [1.54, 1.807) is 0 Å². The molecular weight excluding hydrogens is 163 g/mol. The molecule has 0 heterocycles. The fourth-order valence-corrected chi connectivity index (χ4v) is 1.46. The highest BCUT2D eigenvalue weighted by Crippen LogP contribution is 2.19. The van der Waals surface area contributed by atoms with Gasteiger partial charge in [-0.05, 0) is 22.4 Å². The molecule has 0 spiro atoms. The molecule has 0 bridgehead atoms. The summed E-state index contributed by atoms with van der Waals surface area (Å²) in [5.41, 5.74) is 0.917. The van der Waals surface area contributed by atoms with Gasteiger partial charge in [-0.25, -0.2) is 4.39 Å². The van der Waals surface area contributed by atoms with Crippen molar-refractivity contribution in [3.8, 4) is 0 Å². The predicted molar refractivity (Wildman–Crippen MR) is 54.1 cm³/mol. The van der Waals surface area contributed by atoms with Gasteiger partial charge in [0.2, 0.25) is 0 Å². The Morgan fingerprint density at radius 2 is 1.69 bits per heavy atom. The molecular formula is C12H9F. The lowest BCUT2D eigenvalue weighted by molar-refractivity contribution is 0.727. The van der Waals surface area contributed by atoms with Gasteiger partial charge in [-0.2, -0.15) is 0 Å². The van der Waals surface area contributed by atoms with Crippen LogP contribution in [0.5, 0.6) is 0 Å². The van der Waals surface area contributed by atoms with Crippen LogP contribution in [0.3, 0.4) is 0 Å². The number of hydrogen-bond acceptors (Lipinski definition) is 0.